The summed E-state index contributed by atoms with van der Waals surface area (Å²) in [6, 6.07) is 5.27. The van der Waals surface area contributed by atoms with Crippen molar-refractivity contribution in [3.63, 3.8) is 0 Å². The smallest absolute Gasteiger partial charge is 0.273 e. The number of rotatable bonds is 4. The molecule has 0 unspecified atom stereocenters. The lowest BCUT2D eigenvalue weighted by atomic mass is 9.78. The maximum atomic E-state index is 10.9. The van der Waals surface area contributed by atoms with E-state index in [4.69, 9.17) is 11.6 Å². The monoisotopic (exact) mass is 296 g/mol. The quantitative estimate of drug-likeness (QED) is 0.471. The van der Waals surface area contributed by atoms with Crippen molar-refractivity contribution >= 4 is 23.0 Å². The molecular formula is C15H21ClN2O2. The summed E-state index contributed by atoms with van der Waals surface area (Å²) >= 11 is 5.83. The van der Waals surface area contributed by atoms with Gasteiger partial charge < -0.3 is 4.90 Å². The Morgan fingerprint density at radius 2 is 2.05 bits per heavy atom. The summed E-state index contributed by atoms with van der Waals surface area (Å²) in [5, 5.41) is 10.9. The SMILES string of the molecule is CCC1(C)CCN(c2ccc([N+](=O)[O-])c(CCl)c2)CC1. The van der Waals surface area contributed by atoms with Crippen LogP contribution in [-0.2, 0) is 5.88 Å². The summed E-state index contributed by atoms with van der Waals surface area (Å²) < 4.78 is 0. The predicted octanol–water partition coefficient (Wildman–Crippen LogP) is 4.35. The van der Waals surface area contributed by atoms with Gasteiger partial charge in [0.25, 0.3) is 5.69 Å². The Bertz CT molecular complexity index is 497. The van der Waals surface area contributed by atoms with Crippen molar-refractivity contribution in [1.29, 1.82) is 0 Å². The molecule has 0 radical (unpaired) electrons. The number of alkyl halides is 1. The van der Waals surface area contributed by atoms with Gasteiger partial charge in [0.1, 0.15) is 0 Å². The Kier molecular flexibility index (Phi) is 4.53. The number of nitro groups is 1. The van der Waals surface area contributed by atoms with Crippen LogP contribution in [0, 0.1) is 15.5 Å². The molecule has 1 fully saturated rings. The van der Waals surface area contributed by atoms with Crippen LogP contribution in [0.2, 0.25) is 0 Å². The summed E-state index contributed by atoms with van der Waals surface area (Å²) in [4.78, 5) is 12.9. The van der Waals surface area contributed by atoms with E-state index in [1.807, 2.05) is 12.1 Å². The van der Waals surface area contributed by atoms with Gasteiger partial charge >= 0.3 is 0 Å². The first-order valence-electron chi connectivity index (χ1n) is 7.07. The predicted molar refractivity (Wildman–Crippen MR) is 82.5 cm³/mol. The number of hydrogen-bond donors (Lipinski definition) is 0. The van der Waals surface area contributed by atoms with Crippen LogP contribution < -0.4 is 4.90 Å². The molecule has 2 rings (SSSR count). The molecule has 20 heavy (non-hydrogen) atoms. The van der Waals surface area contributed by atoms with E-state index >= 15 is 0 Å². The van der Waals surface area contributed by atoms with Crippen LogP contribution in [0.25, 0.3) is 0 Å². The highest BCUT2D eigenvalue weighted by Crippen LogP contribution is 2.36. The molecule has 0 saturated carbocycles. The third kappa shape index (κ3) is 3.06. The molecule has 0 spiro atoms. The van der Waals surface area contributed by atoms with Crippen LogP contribution in [0.1, 0.15) is 38.7 Å². The number of nitro benzene ring substituents is 1. The molecule has 0 atom stereocenters. The van der Waals surface area contributed by atoms with Crippen molar-refractivity contribution in [3.05, 3.63) is 33.9 Å². The van der Waals surface area contributed by atoms with Gasteiger partial charge in [-0.2, -0.15) is 0 Å². The minimum absolute atomic E-state index is 0.110. The number of anilines is 1. The van der Waals surface area contributed by atoms with E-state index in [0.29, 0.717) is 11.0 Å². The standard InChI is InChI=1S/C15H21ClN2O2/c1-3-15(2)6-8-17(9-7-15)13-4-5-14(18(19)20)12(10-13)11-16/h4-5,10H,3,6-9,11H2,1-2H3. The summed E-state index contributed by atoms with van der Waals surface area (Å²) in [6.45, 7) is 6.59. The molecule has 1 aliphatic heterocycles. The second-order valence-corrected chi connectivity index (χ2v) is 6.12. The molecule has 0 aliphatic carbocycles. The average molecular weight is 297 g/mol. The Morgan fingerprint density at radius 3 is 2.55 bits per heavy atom. The highest BCUT2D eigenvalue weighted by atomic mass is 35.5. The molecule has 0 N–H and O–H groups in total. The van der Waals surface area contributed by atoms with Crippen molar-refractivity contribution in [2.24, 2.45) is 5.41 Å². The lowest BCUT2D eigenvalue weighted by molar-refractivity contribution is -0.385. The zero-order valence-electron chi connectivity index (χ0n) is 12.1. The molecule has 0 aromatic heterocycles. The molecule has 1 heterocycles. The van der Waals surface area contributed by atoms with Gasteiger partial charge in [-0.1, -0.05) is 20.3 Å². The molecule has 0 amide bonds. The van der Waals surface area contributed by atoms with Crippen LogP contribution in [0.3, 0.4) is 0 Å². The zero-order valence-corrected chi connectivity index (χ0v) is 12.8. The number of hydrogen-bond acceptors (Lipinski definition) is 3. The van der Waals surface area contributed by atoms with Gasteiger partial charge in [-0.15, -0.1) is 11.6 Å². The normalized spacial score (nSPS) is 18.1. The first-order chi connectivity index (χ1) is 9.49. The van der Waals surface area contributed by atoms with Crippen LogP contribution in [0.5, 0.6) is 0 Å². The minimum atomic E-state index is -0.369. The van der Waals surface area contributed by atoms with Crippen molar-refractivity contribution in [2.45, 2.75) is 39.0 Å². The first kappa shape index (κ1) is 15.1. The zero-order chi connectivity index (χ0) is 14.8. The number of benzene rings is 1. The fourth-order valence-electron chi connectivity index (χ4n) is 2.71. The molecule has 1 aromatic carbocycles. The maximum absolute atomic E-state index is 10.9. The number of nitrogens with zero attached hydrogens (tertiary/aromatic N) is 2. The van der Waals surface area contributed by atoms with Gasteiger partial charge in [-0.3, -0.25) is 10.1 Å². The molecular weight excluding hydrogens is 276 g/mol. The van der Waals surface area contributed by atoms with Gasteiger partial charge in [0, 0.05) is 30.4 Å². The maximum Gasteiger partial charge on any atom is 0.273 e. The Morgan fingerprint density at radius 1 is 1.40 bits per heavy atom. The van der Waals surface area contributed by atoms with E-state index in [1.54, 1.807) is 6.07 Å². The Balaban J connectivity index is 2.17. The van der Waals surface area contributed by atoms with E-state index in [2.05, 4.69) is 18.7 Å². The minimum Gasteiger partial charge on any atom is -0.371 e. The fourth-order valence-corrected chi connectivity index (χ4v) is 2.93. The van der Waals surface area contributed by atoms with E-state index < -0.39 is 0 Å². The van der Waals surface area contributed by atoms with E-state index in [1.165, 1.54) is 6.42 Å². The van der Waals surface area contributed by atoms with Crippen molar-refractivity contribution in [2.75, 3.05) is 18.0 Å². The number of halogens is 1. The topological polar surface area (TPSA) is 46.4 Å². The van der Waals surface area contributed by atoms with Crippen LogP contribution in [0.4, 0.5) is 11.4 Å². The molecule has 1 aliphatic rings. The first-order valence-corrected chi connectivity index (χ1v) is 7.61. The highest BCUT2D eigenvalue weighted by Gasteiger charge is 2.28. The second kappa shape index (κ2) is 6.00. The summed E-state index contributed by atoms with van der Waals surface area (Å²) in [5.41, 5.74) is 2.19. The van der Waals surface area contributed by atoms with Gasteiger partial charge in [0.15, 0.2) is 0 Å². The lowest BCUT2D eigenvalue weighted by Gasteiger charge is -2.40. The third-order valence-electron chi connectivity index (χ3n) is 4.59. The third-order valence-corrected chi connectivity index (χ3v) is 4.88. The van der Waals surface area contributed by atoms with Crippen molar-refractivity contribution < 1.29 is 4.92 Å². The van der Waals surface area contributed by atoms with Crippen LogP contribution in [0.15, 0.2) is 18.2 Å². The van der Waals surface area contributed by atoms with Gasteiger partial charge in [-0.25, -0.2) is 0 Å². The molecule has 110 valence electrons. The van der Waals surface area contributed by atoms with E-state index in [9.17, 15) is 10.1 Å². The van der Waals surface area contributed by atoms with Gasteiger partial charge in [0.05, 0.1) is 10.8 Å². The van der Waals surface area contributed by atoms with E-state index in [0.717, 1.165) is 31.6 Å². The molecule has 5 heteroatoms. The summed E-state index contributed by atoms with van der Waals surface area (Å²) in [5.74, 6) is 0.171. The molecule has 1 aromatic rings. The molecule has 4 nitrogen and oxygen atoms in total. The van der Waals surface area contributed by atoms with Gasteiger partial charge in [0.2, 0.25) is 0 Å². The highest BCUT2D eigenvalue weighted by molar-refractivity contribution is 6.17. The summed E-state index contributed by atoms with van der Waals surface area (Å²) in [7, 11) is 0. The lowest BCUT2D eigenvalue weighted by Crippen LogP contribution is -2.38. The number of piperidine rings is 1. The van der Waals surface area contributed by atoms with Crippen molar-refractivity contribution in [3.8, 4) is 0 Å². The van der Waals surface area contributed by atoms with Crippen LogP contribution in [-0.4, -0.2) is 18.0 Å². The Hall–Kier alpha value is -1.29. The average Bonchev–Trinajstić information content (AvgIpc) is 2.47. The molecule has 0 bridgehead atoms. The van der Waals surface area contributed by atoms with Gasteiger partial charge in [-0.05, 0) is 30.4 Å². The van der Waals surface area contributed by atoms with E-state index in [-0.39, 0.29) is 16.5 Å². The van der Waals surface area contributed by atoms with Crippen molar-refractivity contribution in [1.82, 2.24) is 0 Å². The fraction of sp³-hybridized carbons (Fsp3) is 0.600. The largest absolute Gasteiger partial charge is 0.371 e. The molecule has 1 saturated heterocycles. The van der Waals surface area contributed by atoms with Crippen LogP contribution >= 0.6 is 11.6 Å². The second-order valence-electron chi connectivity index (χ2n) is 5.86. The Labute approximate surface area is 124 Å². The summed E-state index contributed by atoms with van der Waals surface area (Å²) in [6.07, 6.45) is 3.53.